The molecular formula is C11H19N7S. The average Bonchev–Trinajstić information content (AvgIpc) is 3.11. The molecule has 0 aliphatic carbocycles. The van der Waals surface area contributed by atoms with E-state index in [0.717, 1.165) is 25.3 Å². The van der Waals surface area contributed by atoms with Crippen LogP contribution < -0.4 is 21.5 Å². The van der Waals surface area contributed by atoms with Crippen LogP contribution in [0.1, 0.15) is 19.3 Å². The molecule has 0 radical (unpaired) electrons. The molecule has 2 saturated heterocycles. The zero-order chi connectivity index (χ0) is 13.1. The molecule has 2 aliphatic heterocycles. The van der Waals surface area contributed by atoms with Crippen LogP contribution in [0.2, 0.25) is 0 Å². The third-order valence-corrected chi connectivity index (χ3v) is 4.57. The van der Waals surface area contributed by atoms with E-state index in [0.29, 0.717) is 23.9 Å². The highest BCUT2D eigenvalue weighted by atomic mass is 32.2. The van der Waals surface area contributed by atoms with Gasteiger partial charge in [0.05, 0.1) is 0 Å². The third-order valence-electron chi connectivity index (χ3n) is 3.40. The second kappa shape index (κ2) is 5.79. The summed E-state index contributed by atoms with van der Waals surface area (Å²) in [6, 6.07) is 0.449. The van der Waals surface area contributed by atoms with Crippen LogP contribution in [0.3, 0.4) is 0 Å². The van der Waals surface area contributed by atoms with E-state index in [-0.39, 0.29) is 0 Å². The predicted molar refractivity (Wildman–Crippen MR) is 78.4 cm³/mol. The lowest BCUT2D eigenvalue weighted by molar-refractivity contribution is 0.789. The number of nitrogens with two attached hydrogens (primary N) is 1. The molecule has 0 amide bonds. The van der Waals surface area contributed by atoms with E-state index < -0.39 is 0 Å². The first-order valence-corrected chi connectivity index (χ1v) is 7.82. The molecule has 2 fully saturated rings. The van der Waals surface area contributed by atoms with Crippen molar-refractivity contribution in [2.75, 3.05) is 40.2 Å². The van der Waals surface area contributed by atoms with Crippen molar-refractivity contribution in [2.45, 2.75) is 25.3 Å². The summed E-state index contributed by atoms with van der Waals surface area (Å²) in [4.78, 5) is 15.3. The van der Waals surface area contributed by atoms with Crippen LogP contribution >= 0.6 is 11.8 Å². The standard InChI is InChI=1S/C11H19N7S/c12-17-10-14-9(13-8-3-6-19-7-8)15-11(16-10)18-4-1-2-5-18/h8H,1-7,12H2,(H2,13,14,15,16,17). The van der Waals surface area contributed by atoms with Crippen LogP contribution in [0.25, 0.3) is 0 Å². The van der Waals surface area contributed by atoms with Crippen LogP contribution in [0.4, 0.5) is 17.8 Å². The van der Waals surface area contributed by atoms with Gasteiger partial charge in [-0.15, -0.1) is 0 Å². The van der Waals surface area contributed by atoms with Crippen molar-refractivity contribution in [3.8, 4) is 0 Å². The maximum absolute atomic E-state index is 5.44. The fraction of sp³-hybridized carbons (Fsp3) is 0.727. The number of nitrogens with zero attached hydrogens (tertiary/aromatic N) is 4. The Labute approximate surface area is 116 Å². The Hall–Kier alpha value is -1.28. The van der Waals surface area contributed by atoms with Gasteiger partial charge in [0, 0.05) is 24.9 Å². The maximum Gasteiger partial charge on any atom is 0.243 e. The lowest BCUT2D eigenvalue weighted by Gasteiger charge is -2.18. The van der Waals surface area contributed by atoms with Crippen molar-refractivity contribution in [1.29, 1.82) is 0 Å². The van der Waals surface area contributed by atoms with E-state index in [2.05, 4.69) is 30.6 Å². The topological polar surface area (TPSA) is 92.0 Å². The van der Waals surface area contributed by atoms with Crippen molar-refractivity contribution >= 4 is 29.6 Å². The first-order valence-electron chi connectivity index (χ1n) is 6.67. The fourth-order valence-electron chi connectivity index (χ4n) is 2.38. The SMILES string of the molecule is NNc1nc(NC2CCSC2)nc(N2CCCC2)n1. The van der Waals surface area contributed by atoms with Gasteiger partial charge < -0.3 is 10.2 Å². The Morgan fingerprint density at radius 2 is 1.95 bits per heavy atom. The molecular weight excluding hydrogens is 262 g/mol. The molecule has 1 unspecified atom stereocenters. The lowest BCUT2D eigenvalue weighted by atomic mass is 10.3. The number of aromatic nitrogens is 3. The summed E-state index contributed by atoms with van der Waals surface area (Å²) in [7, 11) is 0. The van der Waals surface area contributed by atoms with Crippen LogP contribution in [-0.4, -0.2) is 45.6 Å². The maximum atomic E-state index is 5.44. The molecule has 1 atom stereocenters. The minimum atomic E-state index is 0.421. The molecule has 3 heterocycles. The smallest absolute Gasteiger partial charge is 0.243 e. The molecule has 0 spiro atoms. The molecule has 104 valence electrons. The normalized spacial score (nSPS) is 22.8. The van der Waals surface area contributed by atoms with Crippen LogP contribution in [0.15, 0.2) is 0 Å². The Balaban J connectivity index is 1.79. The summed E-state index contributed by atoms with van der Waals surface area (Å²) >= 11 is 1.96. The van der Waals surface area contributed by atoms with Gasteiger partial charge in [-0.2, -0.15) is 26.7 Å². The van der Waals surface area contributed by atoms with Gasteiger partial charge in [0.1, 0.15) is 0 Å². The zero-order valence-electron chi connectivity index (χ0n) is 10.8. The largest absolute Gasteiger partial charge is 0.350 e. The molecule has 19 heavy (non-hydrogen) atoms. The van der Waals surface area contributed by atoms with E-state index >= 15 is 0 Å². The number of hydrogen-bond donors (Lipinski definition) is 3. The van der Waals surface area contributed by atoms with Crippen molar-refractivity contribution in [3.63, 3.8) is 0 Å². The van der Waals surface area contributed by atoms with Gasteiger partial charge >= 0.3 is 0 Å². The van der Waals surface area contributed by atoms with Gasteiger partial charge in [0.2, 0.25) is 17.8 Å². The molecule has 7 nitrogen and oxygen atoms in total. The van der Waals surface area contributed by atoms with Crippen LogP contribution in [0.5, 0.6) is 0 Å². The van der Waals surface area contributed by atoms with Crippen molar-refractivity contribution in [2.24, 2.45) is 5.84 Å². The first kappa shape index (κ1) is 12.7. The number of thioether (sulfide) groups is 1. The van der Waals surface area contributed by atoms with Crippen LogP contribution in [-0.2, 0) is 0 Å². The molecule has 8 heteroatoms. The summed E-state index contributed by atoms with van der Waals surface area (Å²) in [6.07, 6.45) is 3.54. The fourth-order valence-corrected chi connectivity index (χ4v) is 3.54. The molecule has 0 saturated carbocycles. The number of nitrogen functional groups attached to an aromatic ring is 1. The summed E-state index contributed by atoms with van der Waals surface area (Å²) < 4.78 is 0. The van der Waals surface area contributed by atoms with E-state index in [1.54, 1.807) is 0 Å². The summed E-state index contributed by atoms with van der Waals surface area (Å²) in [5, 5.41) is 3.37. The van der Waals surface area contributed by atoms with Crippen LogP contribution in [0, 0.1) is 0 Å². The highest BCUT2D eigenvalue weighted by Gasteiger charge is 2.20. The molecule has 1 aromatic heterocycles. The minimum Gasteiger partial charge on any atom is -0.350 e. The number of hydrazine groups is 1. The average molecular weight is 281 g/mol. The van der Waals surface area contributed by atoms with Gasteiger partial charge in [-0.05, 0) is 25.0 Å². The van der Waals surface area contributed by atoms with Crippen molar-refractivity contribution < 1.29 is 0 Å². The quantitative estimate of drug-likeness (QED) is 0.548. The zero-order valence-corrected chi connectivity index (χ0v) is 11.6. The summed E-state index contributed by atoms with van der Waals surface area (Å²) in [5.41, 5.74) is 2.52. The van der Waals surface area contributed by atoms with Gasteiger partial charge in [-0.25, -0.2) is 5.84 Å². The highest BCUT2D eigenvalue weighted by molar-refractivity contribution is 7.99. The molecule has 1 aromatic rings. The number of rotatable bonds is 4. The third kappa shape index (κ3) is 3.01. The number of nitrogens with one attached hydrogen (secondary N) is 2. The molecule has 0 bridgehead atoms. The Morgan fingerprint density at radius 3 is 2.63 bits per heavy atom. The second-order valence-corrected chi connectivity index (χ2v) is 5.98. The van der Waals surface area contributed by atoms with Gasteiger partial charge in [-0.1, -0.05) is 0 Å². The predicted octanol–water partition coefficient (Wildman–Crippen LogP) is 0.675. The first-order chi connectivity index (χ1) is 9.35. The van der Waals surface area contributed by atoms with Gasteiger partial charge in [-0.3, -0.25) is 5.43 Å². The summed E-state index contributed by atoms with van der Waals surface area (Å²) in [6.45, 7) is 2.01. The number of hydrogen-bond acceptors (Lipinski definition) is 8. The van der Waals surface area contributed by atoms with E-state index in [1.807, 2.05) is 11.8 Å². The van der Waals surface area contributed by atoms with E-state index in [4.69, 9.17) is 5.84 Å². The summed E-state index contributed by atoms with van der Waals surface area (Å²) in [5.74, 6) is 9.51. The van der Waals surface area contributed by atoms with E-state index in [1.165, 1.54) is 18.6 Å². The number of anilines is 3. The van der Waals surface area contributed by atoms with Gasteiger partial charge in [0.25, 0.3) is 0 Å². The van der Waals surface area contributed by atoms with Crippen molar-refractivity contribution in [1.82, 2.24) is 15.0 Å². The molecule has 3 rings (SSSR count). The Morgan fingerprint density at radius 1 is 1.16 bits per heavy atom. The minimum absolute atomic E-state index is 0.421. The monoisotopic (exact) mass is 281 g/mol. The van der Waals surface area contributed by atoms with Crippen molar-refractivity contribution in [3.05, 3.63) is 0 Å². The molecule has 4 N–H and O–H groups in total. The second-order valence-electron chi connectivity index (χ2n) is 4.83. The Bertz CT molecular complexity index is 429. The van der Waals surface area contributed by atoms with Gasteiger partial charge in [0.15, 0.2) is 0 Å². The molecule has 2 aliphatic rings. The lowest BCUT2D eigenvalue weighted by Crippen LogP contribution is -2.25. The molecule has 0 aromatic carbocycles. The Kier molecular flexibility index (Phi) is 3.88. The highest BCUT2D eigenvalue weighted by Crippen LogP contribution is 2.22. The van der Waals surface area contributed by atoms with E-state index in [9.17, 15) is 0 Å².